The molecule has 2 heterocycles. The highest BCUT2D eigenvalue weighted by Crippen LogP contribution is 2.37. The molecule has 5 heteroatoms. The Bertz CT molecular complexity index is 1430. The van der Waals surface area contributed by atoms with E-state index >= 15 is 0 Å². The summed E-state index contributed by atoms with van der Waals surface area (Å²) in [5, 5.41) is 0.541. The van der Waals surface area contributed by atoms with Crippen molar-refractivity contribution in [1.82, 2.24) is 9.55 Å². The number of aryl methyl sites for hydroxylation is 1. The van der Waals surface area contributed by atoms with Gasteiger partial charge in [-0.05, 0) is 55.8 Å². The fourth-order valence-electron chi connectivity index (χ4n) is 4.15. The predicted octanol–water partition coefficient (Wildman–Crippen LogP) is 4.60. The van der Waals surface area contributed by atoms with Crippen LogP contribution in [-0.4, -0.2) is 22.0 Å². The second kappa shape index (κ2) is 7.36. The van der Waals surface area contributed by atoms with E-state index < -0.39 is 0 Å². The van der Waals surface area contributed by atoms with E-state index in [0.717, 1.165) is 22.5 Å². The van der Waals surface area contributed by atoms with E-state index in [-0.39, 0.29) is 11.5 Å². The monoisotopic (exact) mass is 407 g/mol. The Morgan fingerprint density at radius 2 is 1.71 bits per heavy atom. The molecule has 3 aromatic carbocycles. The molecule has 0 fully saturated rings. The van der Waals surface area contributed by atoms with E-state index in [9.17, 15) is 9.59 Å². The van der Waals surface area contributed by atoms with Crippen LogP contribution in [0.2, 0.25) is 0 Å². The Hall–Kier alpha value is -3.99. The quantitative estimate of drug-likeness (QED) is 0.467. The predicted molar refractivity (Wildman–Crippen MR) is 124 cm³/mol. The molecular weight excluding hydrogens is 386 g/mol. The number of amides is 1. The lowest BCUT2D eigenvalue weighted by Crippen LogP contribution is -2.26. The van der Waals surface area contributed by atoms with Crippen molar-refractivity contribution in [2.45, 2.75) is 13.8 Å². The summed E-state index contributed by atoms with van der Waals surface area (Å²) in [5.74, 6) is 0.354. The van der Waals surface area contributed by atoms with Gasteiger partial charge in [0.25, 0.3) is 11.5 Å². The number of nitrogens with zero attached hydrogens (tertiary/aromatic N) is 3. The molecule has 5 rings (SSSR count). The molecule has 1 amide bonds. The van der Waals surface area contributed by atoms with Crippen molar-refractivity contribution in [3.8, 4) is 5.69 Å². The molecular formula is C26H21N3O2. The molecule has 1 aliphatic rings. The number of benzene rings is 3. The fraction of sp³-hybridized carbons (Fsp3) is 0.115. The van der Waals surface area contributed by atoms with Crippen LogP contribution < -0.4 is 10.5 Å². The smallest absolute Gasteiger partial charge is 0.266 e. The highest BCUT2D eigenvalue weighted by Gasteiger charge is 2.31. The summed E-state index contributed by atoms with van der Waals surface area (Å²) in [5.41, 5.74) is 4.49. The third kappa shape index (κ3) is 3.06. The Balaban J connectivity index is 1.82. The summed E-state index contributed by atoms with van der Waals surface area (Å²) >= 11 is 0. The lowest BCUT2D eigenvalue weighted by atomic mass is 10.1. The van der Waals surface area contributed by atoms with Gasteiger partial charge >= 0.3 is 0 Å². The van der Waals surface area contributed by atoms with E-state index in [4.69, 9.17) is 4.98 Å². The molecule has 0 unspecified atom stereocenters. The van der Waals surface area contributed by atoms with Crippen molar-refractivity contribution in [2.24, 2.45) is 0 Å². The average Bonchev–Trinajstić information content (AvgIpc) is 3.05. The minimum atomic E-state index is -0.158. The number of anilines is 1. The van der Waals surface area contributed by atoms with E-state index in [0.29, 0.717) is 28.8 Å². The molecule has 0 atom stereocenters. The Labute approximate surface area is 179 Å². The van der Waals surface area contributed by atoms with Crippen LogP contribution in [0, 0.1) is 6.92 Å². The van der Waals surface area contributed by atoms with Gasteiger partial charge in [0.05, 0.1) is 27.9 Å². The van der Waals surface area contributed by atoms with E-state index in [1.165, 1.54) is 0 Å². The van der Waals surface area contributed by atoms with Crippen molar-refractivity contribution < 1.29 is 4.79 Å². The number of para-hydroxylation sites is 2. The highest BCUT2D eigenvalue weighted by molar-refractivity contribution is 6.35. The van der Waals surface area contributed by atoms with Crippen LogP contribution in [0.4, 0.5) is 5.69 Å². The number of carbonyl (C=O) groups is 1. The first-order valence-corrected chi connectivity index (χ1v) is 10.3. The first-order chi connectivity index (χ1) is 15.1. The van der Waals surface area contributed by atoms with E-state index in [1.54, 1.807) is 21.6 Å². The van der Waals surface area contributed by atoms with Gasteiger partial charge in [-0.15, -0.1) is 0 Å². The molecule has 31 heavy (non-hydrogen) atoms. The van der Waals surface area contributed by atoms with Gasteiger partial charge in [-0.1, -0.05) is 42.5 Å². The van der Waals surface area contributed by atoms with Gasteiger partial charge in [0, 0.05) is 12.1 Å². The standard InChI is InChI=1S/C26H21N3O2/c1-3-28-23-14-7-5-11-19(23)21(25(28)30)16-24-27-22-13-6-4-12-20(22)26(31)29(24)18-10-8-9-17(2)15-18/h4-16H,3H2,1-2H3. The van der Waals surface area contributed by atoms with Crippen LogP contribution >= 0.6 is 0 Å². The lowest BCUT2D eigenvalue weighted by molar-refractivity contribution is -0.112. The maximum atomic E-state index is 13.5. The maximum absolute atomic E-state index is 13.5. The first-order valence-electron chi connectivity index (χ1n) is 10.3. The summed E-state index contributed by atoms with van der Waals surface area (Å²) < 4.78 is 1.59. The van der Waals surface area contributed by atoms with Crippen molar-refractivity contribution >= 4 is 34.1 Å². The molecule has 1 aromatic heterocycles. The van der Waals surface area contributed by atoms with Crippen LogP contribution in [0.15, 0.2) is 77.6 Å². The Morgan fingerprint density at radius 1 is 0.935 bits per heavy atom. The number of carbonyl (C=O) groups excluding carboxylic acids is 1. The molecule has 0 saturated heterocycles. The Kier molecular flexibility index (Phi) is 4.51. The maximum Gasteiger partial charge on any atom is 0.266 e. The van der Waals surface area contributed by atoms with E-state index in [1.807, 2.05) is 80.6 Å². The number of rotatable bonds is 3. The number of fused-ring (bicyclic) bond motifs is 2. The SMILES string of the molecule is CCN1C(=O)C(=Cc2nc3ccccc3c(=O)n2-c2cccc(C)c2)c2ccccc21. The van der Waals surface area contributed by atoms with Crippen LogP contribution in [0.25, 0.3) is 28.2 Å². The van der Waals surface area contributed by atoms with Crippen LogP contribution in [-0.2, 0) is 4.79 Å². The molecule has 1 aliphatic heterocycles. The minimum absolute atomic E-state index is 0.0816. The normalized spacial score (nSPS) is 14.5. The number of likely N-dealkylation sites (N-methyl/N-ethyl adjacent to an activating group) is 1. The molecule has 0 bridgehead atoms. The molecule has 0 aliphatic carbocycles. The van der Waals surface area contributed by atoms with Crippen molar-refractivity contribution in [3.05, 3.63) is 100 Å². The average molecular weight is 407 g/mol. The zero-order chi connectivity index (χ0) is 21.5. The van der Waals surface area contributed by atoms with Crippen molar-refractivity contribution in [2.75, 3.05) is 11.4 Å². The first kappa shape index (κ1) is 19.0. The van der Waals surface area contributed by atoms with Gasteiger partial charge < -0.3 is 4.90 Å². The molecule has 5 nitrogen and oxygen atoms in total. The fourth-order valence-corrected chi connectivity index (χ4v) is 4.15. The third-order valence-electron chi connectivity index (χ3n) is 5.61. The van der Waals surface area contributed by atoms with Crippen LogP contribution in [0.5, 0.6) is 0 Å². The summed E-state index contributed by atoms with van der Waals surface area (Å²) in [7, 11) is 0. The molecule has 0 N–H and O–H groups in total. The summed E-state index contributed by atoms with van der Waals surface area (Å²) in [6, 6.07) is 22.7. The molecule has 0 radical (unpaired) electrons. The summed E-state index contributed by atoms with van der Waals surface area (Å²) in [6.07, 6.45) is 1.74. The van der Waals surface area contributed by atoms with Crippen molar-refractivity contribution in [1.29, 1.82) is 0 Å². The zero-order valence-corrected chi connectivity index (χ0v) is 17.4. The number of aromatic nitrogens is 2. The molecule has 4 aromatic rings. The topological polar surface area (TPSA) is 55.2 Å². The van der Waals surface area contributed by atoms with Crippen molar-refractivity contribution in [3.63, 3.8) is 0 Å². The zero-order valence-electron chi connectivity index (χ0n) is 17.4. The lowest BCUT2D eigenvalue weighted by Gasteiger charge is -2.14. The molecule has 0 spiro atoms. The summed E-state index contributed by atoms with van der Waals surface area (Å²) in [4.78, 5) is 33.2. The third-order valence-corrected chi connectivity index (χ3v) is 5.61. The van der Waals surface area contributed by atoms with Gasteiger partial charge in [-0.3, -0.25) is 14.2 Å². The number of hydrogen-bond acceptors (Lipinski definition) is 3. The van der Waals surface area contributed by atoms with Gasteiger partial charge in [0.15, 0.2) is 0 Å². The van der Waals surface area contributed by atoms with Gasteiger partial charge in [-0.25, -0.2) is 4.98 Å². The Morgan fingerprint density at radius 3 is 2.52 bits per heavy atom. The second-order valence-corrected chi connectivity index (χ2v) is 7.59. The molecule has 0 saturated carbocycles. The van der Waals surface area contributed by atoms with Gasteiger partial charge in [0.2, 0.25) is 0 Å². The number of hydrogen-bond donors (Lipinski definition) is 0. The van der Waals surface area contributed by atoms with E-state index in [2.05, 4.69) is 0 Å². The summed E-state index contributed by atoms with van der Waals surface area (Å²) in [6.45, 7) is 4.51. The minimum Gasteiger partial charge on any atom is -0.308 e. The second-order valence-electron chi connectivity index (χ2n) is 7.59. The van der Waals surface area contributed by atoms with Crippen LogP contribution in [0.1, 0.15) is 23.9 Å². The van der Waals surface area contributed by atoms with Gasteiger partial charge in [0.1, 0.15) is 5.82 Å². The molecule has 152 valence electrons. The van der Waals surface area contributed by atoms with Gasteiger partial charge in [-0.2, -0.15) is 0 Å². The highest BCUT2D eigenvalue weighted by atomic mass is 16.2. The van der Waals surface area contributed by atoms with Crippen LogP contribution in [0.3, 0.4) is 0 Å². The largest absolute Gasteiger partial charge is 0.308 e.